The molecule has 4 nitrogen and oxygen atoms in total. The molecule has 1 aliphatic rings. The second-order valence-electron chi connectivity index (χ2n) is 5.35. The summed E-state index contributed by atoms with van der Waals surface area (Å²) in [4.78, 5) is 16.6. The lowest BCUT2D eigenvalue weighted by Crippen LogP contribution is -2.35. The number of anilines is 1. The van der Waals surface area contributed by atoms with E-state index in [2.05, 4.69) is 4.90 Å². The van der Waals surface area contributed by atoms with Gasteiger partial charge in [-0.3, -0.25) is 4.79 Å². The second-order valence-corrected chi connectivity index (χ2v) is 5.35. The molecule has 1 heterocycles. The van der Waals surface area contributed by atoms with E-state index in [0.29, 0.717) is 11.3 Å². The predicted molar refractivity (Wildman–Crippen MR) is 78.2 cm³/mol. The van der Waals surface area contributed by atoms with Crippen LogP contribution in [-0.4, -0.2) is 48.9 Å². The molecule has 0 radical (unpaired) electrons. The van der Waals surface area contributed by atoms with Crippen LogP contribution in [0.2, 0.25) is 0 Å². The zero-order chi connectivity index (χ0) is 13.8. The Hall–Kier alpha value is -1.55. The monoisotopic (exact) mass is 261 g/mol. The maximum atomic E-state index is 12.4. The molecule has 2 rings (SSSR count). The molecule has 0 aliphatic carbocycles. The summed E-state index contributed by atoms with van der Waals surface area (Å²) in [5, 5.41) is 0. The number of hydrogen-bond acceptors (Lipinski definition) is 3. The second kappa shape index (κ2) is 6.06. The van der Waals surface area contributed by atoms with E-state index in [1.54, 1.807) is 11.0 Å². The molecule has 0 aromatic heterocycles. The number of likely N-dealkylation sites (tertiary alicyclic amines) is 1. The molecule has 1 amide bonds. The molecule has 0 atom stereocenters. The van der Waals surface area contributed by atoms with Crippen molar-refractivity contribution in [3.05, 3.63) is 29.3 Å². The lowest BCUT2D eigenvalue weighted by Gasteiger charge is -2.22. The minimum Gasteiger partial charge on any atom is -0.399 e. The highest BCUT2D eigenvalue weighted by Crippen LogP contribution is 2.15. The summed E-state index contributed by atoms with van der Waals surface area (Å²) in [7, 11) is 1.86. The molecule has 4 heteroatoms. The third-order valence-electron chi connectivity index (χ3n) is 3.79. The Balaban J connectivity index is 1.95. The van der Waals surface area contributed by atoms with Crippen LogP contribution >= 0.6 is 0 Å². The molecule has 1 aliphatic heterocycles. The van der Waals surface area contributed by atoms with Gasteiger partial charge in [-0.15, -0.1) is 0 Å². The first-order valence-corrected chi connectivity index (χ1v) is 6.92. The van der Waals surface area contributed by atoms with E-state index in [-0.39, 0.29) is 5.91 Å². The van der Waals surface area contributed by atoms with Crippen LogP contribution < -0.4 is 5.73 Å². The number of carbonyl (C=O) groups is 1. The number of carbonyl (C=O) groups excluding carboxylic acids is 1. The fourth-order valence-electron chi connectivity index (χ4n) is 2.47. The van der Waals surface area contributed by atoms with Crippen LogP contribution in [0, 0.1) is 6.92 Å². The van der Waals surface area contributed by atoms with Crippen molar-refractivity contribution in [2.45, 2.75) is 19.8 Å². The number of nitrogens with zero attached hydrogens (tertiary/aromatic N) is 2. The Kier molecular flexibility index (Phi) is 4.43. The third-order valence-corrected chi connectivity index (χ3v) is 3.79. The molecule has 1 aromatic rings. The standard InChI is InChI=1S/C15H23N3O/c1-12-5-6-13(16)11-14(12)15(19)17(2)9-10-18-7-3-4-8-18/h5-6,11H,3-4,7-10,16H2,1-2H3. The molecule has 19 heavy (non-hydrogen) atoms. The fraction of sp³-hybridized carbons (Fsp3) is 0.533. The highest BCUT2D eigenvalue weighted by atomic mass is 16.2. The van der Waals surface area contributed by atoms with Crippen molar-refractivity contribution in [1.82, 2.24) is 9.80 Å². The molecule has 0 unspecified atom stereocenters. The number of likely N-dealkylation sites (N-methyl/N-ethyl adjacent to an activating group) is 1. The van der Waals surface area contributed by atoms with E-state index >= 15 is 0 Å². The average molecular weight is 261 g/mol. The zero-order valence-corrected chi connectivity index (χ0v) is 11.9. The third kappa shape index (κ3) is 3.47. The molecule has 1 saturated heterocycles. The van der Waals surface area contributed by atoms with Crippen LogP contribution in [0.25, 0.3) is 0 Å². The van der Waals surface area contributed by atoms with Gasteiger partial charge in [0.25, 0.3) is 5.91 Å². The highest BCUT2D eigenvalue weighted by molar-refractivity contribution is 5.96. The van der Waals surface area contributed by atoms with Crippen LogP contribution in [0.1, 0.15) is 28.8 Å². The molecule has 0 saturated carbocycles. The van der Waals surface area contributed by atoms with Crippen molar-refractivity contribution >= 4 is 11.6 Å². The van der Waals surface area contributed by atoms with E-state index in [1.165, 1.54) is 25.9 Å². The van der Waals surface area contributed by atoms with Gasteiger partial charge < -0.3 is 15.5 Å². The number of nitrogens with two attached hydrogens (primary N) is 1. The SMILES string of the molecule is Cc1ccc(N)cc1C(=O)N(C)CCN1CCCC1. The van der Waals surface area contributed by atoms with Gasteiger partial charge in [0.05, 0.1) is 0 Å². The lowest BCUT2D eigenvalue weighted by molar-refractivity contribution is 0.0781. The average Bonchev–Trinajstić information content (AvgIpc) is 2.91. The summed E-state index contributed by atoms with van der Waals surface area (Å²) in [6.45, 7) is 6.01. The Labute approximate surface area is 115 Å². The summed E-state index contributed by atoms with van der Waals surface area (Å²) < 4.78 is 0. The number of rotatable bonds is 4. The summed E-state index contributed by atoms with van der Waals surface area (Å²) in [5.41, 5.74) is 8.09. The lowest BCUT2D eigenvalue weighted by atomic mass is 10.1. The maximum Gasteiger partial charge on any atom is 0.253 e. The normalized spacial score (nSPS) is 15.7. The first kappa shape index (κ1) is 13.9. The quantitative estimate of drug-likeness (QED) is 0.840. The molecule has 1 aromatic carbocycles. The van der Waals surface area contributed by atoms with Crippen molar-refractivity contribution in [3.63, 3.8) is 0 Å². The van der Waals surface area contributed by atoms with E-state index in [9.17, 15) is 4.79 Å². The summed E-state index contributed by atoms with van der Waals surface area (Å²) in [5.74, 6) is 0.0593. The maximum absolute atomic E-state index is 12.4. The van der Waals surface area contributed by atoms with E-state index in [1.807, 2.05) is 26.1 Å². The van der Waals surface area contributed by atoms with Gasteiger partial charge in [0, 0.05) is 31.4 Å². The van der Waals surface area contributed by atoms with E-state index in [0.717, 1.165) is 18.7 Å². The smallest absolute Gasteiger partial charge is 0.253 e. The Morgan fingerprint density at radius 2 is 2.05 bits per heavy atom. The Morgan fingerprint density at radius 1 is 1.37 bits per heavy atom. The molecule has 2 N–H and O–H groups in total. The highest BCUT2D eigenvalue weighted by Gasteiger charge is 2.17. The van der Waals surface area contributed by atoms with Crippen molar-refractivity contribution < 1.29 is 4.79 Å². The van der Waals surface area contributed by atoms with Gasteiger partial charge in [0.2, 0.25) is 0 Å². The number of nitrogen functional groups attached to an aromatic ring is 1. The minimum absolute atomic E-state index is 0.0593. The molecular formula is C15H23N3O. The Bertz CT molecular complexity index is 453. The van der Waals surface area contributed by atoms with Crippen molar-refractivity contribution in [2.24, 2.45) is 0 Å². The van der Waals surface area contributed by atoms with Gasteiger partial charge in [-0.25, -0.2) is 0 Å². The van der Waals surface area contributed by atoms with Crippen LogP contribution in [0.5, 0.6) is 0 Å². The van der Waals surface area contributed by atoms with Crippen molar-refractivity contribution in [3.8, 4) is 0 Å². The van der Waals surface area contributed by atoms with Crippen molar-refractivity contribution in [2.75, 3.05) is 39.0 Å². The van der Waals surface area contributed by atoms with E-state index in [4.69, 9.17) is 5.73 Å². The van der Waals surface area contributed by atoms with Crippen LogP contribution in [-0.2, 0) is 0 Å². The van der Waals surface area contributed by atoms with Gasteiger partial charge >= 0.3 is 0 Å². The topological polar surface area (TPSA) is 49.6 Å². The van der Waals surface area contributed by atoms with Gasteiger partial charge in [-0.2, -0.15) is 0 Å². The number of hydrogen-bond donors (Lipinski definition) is 1. The summed E-state index contributed by atoms with van der Waals surface area (Å²) >= 11 is 0. The van der Waals surface area contributed by atoms with Gasteiger partial charge in [0.15, 0.2) is 0 Å². The van der Waals surface area contributed by atoms with Gasteiger partial charge in [-0.1, -0.05) is 6.07 Å². The van der Waals surface area contributed by atoms with E-state index < -0.39 is 0 Å². The number of aryl methyl sites for hydroxylation is 1. The predicted octanol–water partition coefficient (Wildman–Crippen LogP) is 1.75. The molecule has 1 fully saturated rings. The summed E-state index contributed by atoms with van der Waals surface area (Å²) in [6.07, 6.45) is 2.57. The fourth-order valence-corrected chi connectivity index (χ4v) is 2.47. The number of benzene rings is 1. The van der Waals surface area contributed by atoms with Gasteiger partial charge in [0.1, 0.15) is 0 Å². The first-order chi connectivity index (χ1) is 9.08. The van der Waals surface area contributed by atoms with Gasteiger partial charge in [-0.05, 0) is 50.6 Å². The van der Waals surface area contributed by atoms with Crippen LogP contribution in [0.15, 0.2) is 18.2 Å². The van der Waals surface area contributed by atoms with Crippen molar-refractivity contribution in [1.29, 1.82) is 0 Å². The molecule has 0 spiro atoms. The minimum atomic E-state index is 0.0593. The molecule has 0 bridgehead atoms. The van der Waals surface area contributed by atoms with Crippen LogP contribution in [0.4, 0.5) is 5.69 Å². The largest absolute Gasteiger partial charge is 0.399 e. The zero-order valence-electron chi connectivity index (χ0n) is 11.9. The summed E-state index contributed by atoms with van der Waals surface area (Å²) in [6, 6.07) is 5.50. The van der Waals surface area contributed by atoms with Crippen LogP contribution in [0.3, 0.4) is 0 Å². The molecule has 104 valence electrons. The first-order valence-electron chi connectivity index (χ1n) is 6.92. The Morgan fingerprint density at radius 3 is 2.74 bits per heavy atom. The molecular weight excluding hydrogens is 238 g/mol. The number of amides is 1.